The first-order valence-corrected chi connectivity index (χ1v) is 12.6. The lowest BCUT2D eigenvalue weighted by molar-refractivity contribution is -0.120. The van der Waals surface area contributed by atoms with Crippen molar-refractivity contribution in [3.63, 3.8) is 0 Å². The zero-order chi connectivity index (χ0) is 22.0. The molecule has 1 fully saturated rings. The number of carbonyl (C=O) groups is 1. The molecule has 0 unspecified atom stereocenters. The summed E-state index contributed by atoms with van der Waals surface area (Å²) in [6, 6.07) is 9.46. The average molecular weight is 480 g/mol. The summed E-state index contributed by atoms with van der Waals surface area (Å²) in [6.07, 6.45) is 5.17. The number of aromatic nitrogens is 1. The highest BCUT2D eigenvalue weighted by molar-refractivity contribution is 7.92. The summed E-state index contributed by atoms with van der Waals surface area (Å²) < 4.78 is 34.3. The molecule has 10 heteroatoms. The molecular weight excluding hydrogens is 458 g/mol. The van der Waals surface area contributed by atoms with Gasteiger partial charge in [-0.25, -0.2) is 13.4 Å². The van der Waals surface area contributed by atoms with Crippen molar-refractivity contribution in [2.75, 3.05) is 17.1 Å². The van der Waals surface area contributed by atoms with Gasteiger partial charge in [0.2, 0.25) is 5.91 Å². The van der Waals surface area contributed by atoms with Crippen molar-refractivity contribution >= 4 is 59.9 Å². The van der Waals surface area contributed by atoms with Gasteiger partial charge < -0.3 is 10.1 Å². The average Bonchev–Trinajstić information content (AvgIpc) is 3.15. The molecule has 0 radical (unpaired) electrons. The summed E-state index contributed by atoms with van der Waals surface area (Å²) in [7, 11) is -2.53. The van der Waals surface area contributed by atoms with Gasteiger partial charge in [-0.15, -0.1) is 0 Å². The van der Waals surface area contributed by atoms with E-state index in [4.69, 9.17) is 16.3 Å². The van der Waals surface area contributed by atoms with Crippen LogP contribution in [0.5, 0.6) is 5.75 Å². The van der Waals surface area contributed by atoms with Gasteiger partial charge in [0.25, 0.3) is 10.0 Å². The Labute approximate surface area is 189 Å². The maximum Gasteiger partial charge on any atom is 0.265 e. The molecule has 0 atom stereocenters. The second-order valence-electron chi connectivity index (χ2n) is 7.43. The first-order valence-electron chi connectivity index (χ1n) is 9.93. The topological polar surface area (TPSA) is 97.4 Å². The predicted molar refractivity (Wildman–Crippen MR) is 124 cm³/mol. The van der Waals surface area contributed by atoms with E-state index < -0.39 is 10.0 Å². The number of methoxy groups -OCH3 is 1. The highest BCUT2D eigenvalue weighted by atomic mass is 35.5. The summed E-state index contributed by atoms with van der Waals surface area (Å²) in [6.45, 7) is 0. The molecule has 2 aromatic carbocycles. The zero-order valence-electron chi connectivity index (χ0n) is 16.9. The molecule has 1 saturated carbocycles. The van der Waals surface area contributed by atoms with E-state index in [0.717, 1.165) is 30.4 Å². The molecule has 4 rings (SSSR count). The first-order chi connectivity index (χ1) is 14.9. The lowest BCUT2D eigenvalue weighted by Crippen LogP contribution is -2.24. The molecule has 0 aliphatic heterocycles. The van der Waals surface area contributed by atoms with Crippen LogP contribution in [0, 0.1) is 5.92 Å². The van der Waals surface area contributed by atoms with E-state index in [2.05, 4.69) is 15.0 Å². The van der Waals surface area contributed by atoms with Gasteiger partial charge in [-0.2, -0.15) is 0 Å². The molecular formula is C21H22ClN3O4S2. The number of carbonyl (C=O) groups excluding carboxylic acids is 1. The summed E-state index contributed by atoms with van der Waals surface area (Å²) in [5.74, 6) is 0.239. The molecule has 0 bridgehead atoms. The quantitative estimate of drug-likeness (QED) is 0.501. The molecule has 164 valence electrons. The number of ether oxygens (including phenoxy) is 1. The lowest BCUT2D eigenvalue weighted by atomic mass is 9.89. The van der Waals surface area contributed by atoms with E-state index in [1.165, 1.54) is 37.0 Å². The first kappa shape index (κ1) is 21.9. The minimum atomic E-state index is -3.93. The van der Waals surface area contributed by atoms with Crippen molar-refractivity contribution in [1.29, 1.82) is 0 Å². The fourth-order valence-electron chi connectivity index (χ4n) is 3.69. The number of hydrogen-bond acceptors (Lipinski definition) is 6. The van der Waals surface area contributed by atoms with Crippen LogP contribution >= 0.6 is 22.9 Å². The third-order valence-electron chi connectivity index (χ3n) is 5.26. The number of sulfonamides is 1. The van der Waals surface area contributed by atoms with Crippen LogP contribution in [0.1, 0.15) is 32.1 Å². The number of thiazole rings is 1. The molecule has 7 nitrogen and oxygen atoms in total. The third kappa shape index (κ3) is 4.94. The van der Waals surface area contributed by atoms with E-state index in [1.54, 1.807) is 24.3 Å². The zero-order valence-corrected chi connectivity index (χ0v) is 19.2. The van der Waals surface area contributed by atoms with Crippen LogP contribution in [0.25, 0.3) is 10.2 Å². The molecule has 0 saturated heterocycles. The van der Waals surface area contributed by atoms with Crippen LogP contribution in [0.2, 0.25) is 5.02 Å². The van der Waals surface area contributed by atoms with Crippen LogP contribution < -0.4 is 14.8 Å². The lowest BCUT2D eigenvalue weighted by Gasteiger charge is -2.19. The maximum atomic E-state index is 12.9. The summed E-state index contributed by atoms with van der Waals surface area (Å²) in [5, 5.41) is 3.72. The Kier molecular flexibility index (Phi) is 6.36. The van der Waals surface area contributed by atoms with Gasteiger partial charge in [0.1, 0.15) is 10.6 Å². The van der Waals surface area contributed by atoms with Crippen molar-refractivity contribution < 1.29 is 17.9 Å². The highest BCUT2D eigenvalue weighted by Crippen LogP contribution is 2.32. The van der Waals surface area contributed by atoms with E-state index in [1.807, 2.05) is 0 Å². The Hall–Kier alpha value is -2.36. The molecule has 1 aliphatic carbocycles. The van der Waals surface area contributed by atoms with Crippen LogP contribution in [0.3, 0.4) is 0 Å². The number of anilines is 2. The van der Waals surface area contributed by atoms with Crippen LogP contribution in [-0.4, -0.2) is 26.4 Å². The number of nitrogens with zero attached hydrogens (tertiary/aromatic N) is 1. The van der Waals surface area contributed by atoms with Gasteiger partial charge in [0.05, 0.1) is 23.0 Å². The largest absolute Gasteiger partial charge is 0.495 e. The molecule has 2 N–H and O–H groups in total. The number of benzene rings is 2. The van der Waals surface area contributed by atoms with E-state index in [9.17, 15) is 13.2 Å². The van der Waals surface area contributed by atoms with Crippen molar-refractivity contribution in [3.8, 4) is 5.75 Å². The van der Waals surface area contributed by atoms with Gasteiger partial charge in [-0.3, -0.25) is 9.52 Å². The minimum absolute atomic E-state index is 0.00716. The number of fused-ring (bicyclic) bond motifs is 1. The Morgan fingerprint density at radius 2 is 1.94 bits per heavy atom. The molecule has 3 aromatic rings. The number of halogens is 1. The number of amides is 1. The van der Waals surface area contributed by atoms with Crippen molar-refractivity contribution in [1.82, 2.24) is 4.98 Å². The minimum Gasteiger partial charge on any atom is -0.495 e. The standard InChI is InChI=1S/C21H22ClN3O4S2/c1-29-17-9-7-14(22)11-19(17)31(27,28)25-15-8-10-18-16(12-15)23-21(30-18)24-20(26)13-5-3-2-4-6-13/h7-13,25H,2-6H2,1H3,(H,23,24,26). The molecule has 1 heterocycles. The number of rotatable bonds is 6. The summed E-state index contributed by atoms with van der Waals surface area (Å²) >= 11 is 7.33. The van der Waals surface area contributed by atoms with Gasteiger partial charge in [-0.1, -0.05) is 42.2 Å². The van der Waals surface area contributed by atoms with Gasteiger partial charge in [-0.05, 0) is 49.2 Å². The van der Waals surface area contributed by atoms with Gasteiger partial charge in [0.15, 0.2) is 5.13 Å². The van der Waals surface area contributed by atoms with Crippen molar-refractivity contribution in [2.24, 2.45) is 5.92 Å². The predicted octanol–water partition coefficient (Wildman–Crippen LogP) is 5.28. The monoisotopic (exact) mass is 479 g/mol. The summed E-state index contributed by atoms with van der Waals surface area (Å²) in [5.41, 5.74) is 0.951. The van der Waals surface area contributed by atoms with Crippen molar-refractivity contribution in [2.45, 2.75) is 37.0 Å². The number of nitrogens with one attached hydrogen (secondary N) is 2. The molecule has 1 aliphatic rings. The maximum absolute atomic E-state index is 12.9. The molecule has 31 heavy (non-hydrogen) atoms. The fraction of sp³-hybridized carbons (Fsp3) is 0.333. The second-order valence-corrected chi connectivity index (χ2v) is 10.5. The smallest absolute Gasteiger partial charge is 0.265 e. The SMILES string of the molecule is COc1ccc(Cl)cc1S(=O)(=O)Nc1ccc2sc(NC(=O)C3CCCCC3)nc2c1. The van der Waals surface area contributed by atoms with Crippen molar-refractivity contribution in [3.05, 3.63) is 41.4 Å². The Morgan fingerprint density at radius 3 is 2.68 bits per heavy atom. The van der Waals surface area contributed by atoms with E-state index in [-0.39, 0.29) is 27.5 Å². The Balaban J connectivity index is 1.54. The van der Waals surface area contributed by atoms with E-state index in [0.29, 0.717) is 16.3 Å². The Bertz CT molecular complexity index is 1220. The molecule has 1 amide bonds. The van der Waals surface area contributed by atoms with Crippen LogP contribution in [-0.2, 0) is 14.8 Å². The third-order valence-corrected chi connectivity index (χ3v) is 7.85. The molecule has 0 spiro atoms. The van der Waals surface area contributed by atoms with Crippen LogP contribution in [0.4, 0.5) is 10.8 Å². The summed E-state index contributed by atoms with van der Waals surface area (Å²) in [4.78, 5) is 16.9. The number of hydrogen-bond donors (Lipinski definition) is 2. The Morgan fingerprint density at radius 1 is 1.16 bits per heavy atom. The van der Waals surface area contributed by atoms with Crippen LogP contribution in [0.15, 0.2) is 41.3 Å². The van der Waals surface area contributed by atoms with Gasteiger partial charge >= 0.3 is 0 Å². The fourth-order valence-corrected chi connectivity index (χ4v) is 6.02. The second kappa shape index (κ2) is 9.02. The van der Waals surface area contributed by atoms with Gasteiger partial charge in [0, 0.05) is 10.9 Å². The highest BCUT2D eigenvalue weighted by Gasteiger charge is 2.23. The normalized spacial score (nSPS) is 15.0. The molecule has 1 aromatic heterocycles. The van der Waals surface area contributed by atoms with E-state index >= 15 is 0 Å².